The lowest BCUT2D eigenvalue weighted by Gasteiger charge is -2.03. The third-order valence-corrected chi connectivity index (χ3v) is 2.26. The second kappa shape index (κ2) is 4.61. The van der Waals surface area contributed by atoms with E-state index in [0.717, 1.165) is 17.1 Å². The molecule has 2 rings (SSSR count). The largest absolute Gasteiger partial charge is 0.345 e. The minimum atomic E-state index is 0.0192. The maximum Gasteiger partial charge on any atom is 0.224 e. The Morgan fingerprint density at radius 2 is 2.12 bits per heavy atom. The molecule has 82 valence electrons. The van der Waals surface area contributed by atoms with Crippen LogP contribution in [0.4, 0.5) is 5.69 Å². The lowest BCUT2D eigenvalue weighted by Crippen LogP contribution is -2.09. The predicted octanol–water partition coefficient (Wildman–Crippen LogP) is 2.43. The first-order chi connectivity index (χ1) is 7.79. The van der Waals surface area contributed by atoms with E-state index in [1.807, 2.05) is 31.2 Å². The zero-order chi connectivity index (χ0) is 11.4. The van der Waals surface area contributed by atoms with E-state index in [0.29, 0.717) is 6.42 Å². The van der Waals surface area contributed by atoms with Gasteiger partial charge in [0.2, 0.25) is 5.91 Å². The van der Waals surface area contributed by atoms with Crippen molar-refractivity contribution in [1.82, 2.24) is 9.97 Å². The van der Waals surface area contributed by atoms with E-state index < -0.39 is 0 Å². The first-order valence-corrected chi connectivity index (χ1v) is 5.19. The predicted molar refractivity (Wildman–Crippen MR) is 62.9 cm³/mol. The van der Waals surface area contributed by atoms with Crippen LogP contribution in [0.15, 0.2) is 36.7 Å². The summed E-state index contributed by atoms with van der Waals surface area (Å²) in [6.45, 7) is 1.83. The number of nitrogens with one attached hydrogen (secondary N) is 2. The Hall–Kier alpha value is -2.10. The fourth-order valence-corrected chi connectivity index (χ4v) is 1.38. The van der Waals surface area contributed by atoms with Gasteiger partial charge in [-0.05, 0) is 24.3 Å². The molecule has 4 heteroatoms. The highest BCUT2D eigenvalue weighted by molar-refractivity contribution is 5.90. The van der Waals surface area contributed by atoms with Gasteiger partial charge in [0.1, 0.15) is 5.82 Å². The van der Waals surface area contributed by atoms with Crippen LogP contribution in [0.2, 0.25) is 0 Å². The molecule has 16 heavy (non-hydrogen) atoms. The van der Waals surface area contributed by atoms with Crippen LogP contribution in [0.25, 0.3) is 11.4 Å². The number of hydrogen-bond acceptors (Lipinski definition) is 2. The molecule has 4 nitrogen and oxygen atoms in total. The minimum Gasteiger partial charge on any atom is -0.345 e. The smallest absolute Gasteiger partial charge is 0.224 e. The summed E-state index contributed by atoms with van der Waals surface area (Å²) in [6.07, 6.45) is 3.98. The Morgan fingerprint density at radius 3 is 2.69 bits per heavy atom. The molecular formula is C12H13N3O. The Bertz CT molecular complexity index is 460. The van der Waals surface area contributed by atoms with E-state index in [4.69, 9.17) is 0 Å². The zero-order valence-electron chi connectivity index (χ0n) is 9.03. The molecule has 2 N–H and O–H groups in total. The van der Waals surface area contributed by atoms with Crippen molar-refractivity contribution < 1.29 is 4.79 Å². The fraction of sp³-hybridized carbons (Fsp3) is 0.167. The average Bonchev–Trinajstić information content (AvgIpc) is 2.83. The van der Waals surface area contributed by atoms with Crippen LogP contribution in [0.5, 0.6) is 0 Å². The average molecular weight is 215 g/mol. The van der Waals surface area contributed by atoms with Crippen molar-refractivity contribution in [2.24, 2.45) is 0 Å². The van der Waals surface area contributed by atoms with Crippen molar-refractivity contribution in [3.05, 3.63) is 36.7 Å². The van der Waals surface area contributed by atoms with Gasteiger partial charge in [-0.3, -0.25) is 4.79 Å². The van der Waals surface area contributed by atoms with Gasteiger partial charge in [-0.1, -0.05) is 6.92 Å². The molecule has 1 heterocycles. The van der Waals surface area contributed by atoms with Gasteiger partial charge >= 0.3 is 0 Å². The third-order valence-electron chi connectivity index (χ3n) is 2.26. The Labute approximate surface area is 93.7 Å². The second-order valence-electron chi connectivity index (χ2n) is 3.42. The van der Waals surface area contributed by atoms with Gasteiger partial charge in [0.15, 0.2) is 0 Å². The lowest BCUT2D eigenvalue weighted by molar-refractivity contribution is -0.115. The number of hydrogen-bond donors (Lipinski definition) is 2. The summed E-state index contributed by atoms with van der Waals surface area (Å²) in [5.74, 6) is 0.846. The number of aromatic nitrogens is 2. The van der Waals surface area contributed by atoms with Crippen LogP contribution in [0.3, 0.4) is 0 Å². The second-order valence-corrected chi connectivity index (χ2v) is 3.42. The van der Waals surface area contributed by atoms with Gasteiger partial charge < -0.3 is 10.3 Å². The van der Waals surface area contributed by atoms with Crippen LogP contribution < -0.4 is 5.32 Å². The summed E-state index contributed by atoms with van der Waals surface area (Å²) in [7, 11) is 0. The molecule has 0 aliphatic carbocycles. The highest BCUT2D eigenvalue weighted by Crippen LogP contribution is 2.17. The normalized spacial score (nSPS) is 10.1. The van der Waals surface area contributed by atoms with Gasteiger partial charge in [-0.25, -0.2) is 4.98 Å². The van der Waals surface area contributed by atoms with E-state index in [1.54, 1.807) is 12.4 Å². The van der Waals surface area contributed by atoms with E-state index in [-0.39, 0.29) is 5.91 Å². The first-order valence-electron chi connectivity index (χ1n) is 5.19. The number of H-pyrrole nitrogens is 1. The number of carbonyl (C=O) groups excluding carboxylic acids is 1. The number of rotatable bonds is 3. The number of carbonyl (C=O) groups is 1. The third kappa shape index (κ3) is 2.28. The molecule has 0 bridgehead atoms. The molecule has 2 aromatic rings. The molecule has 0 fully saturated rings. The Morgan fingerprint density at radius 1 is 1.38 bits per heavy atom. The SMILES string of the molecule is CCC(=O)Nc1ccc(-c2ncc[nH]2)cc1. The van der Waals surface area contributed by atoms with E-state index in [9.17, 15) is 4.79 Å². The quantitative estimate of drug-likeness (QED) is 0.826. The topological polar surface area (TPSA) is 57.8 Å². The van der Waals surface area contributed by atoms with Crippen LogP contribution in [0.1, 0.15) is 13.3 Å². The van der Waals surface area contributed by atoms with Gasteiger partial charge in [0, 0.05) is 30.1 Å². The van der Waals surface area contributed by atoms with Crippen molar-refractivity contribution in [1.29, 1.82) is 0 Å². The van der Waals surface area contributed by atoms with E-state index in [1.165, 1.54) is 0 Å². The molecule has 0 unspecified atom stereocenters. The summed E-state index contributed by atoms with van der Waals surface area (Å²) in [5, 5.41) is 2.79. The van der Waals surface area contributed by atoms with Crippen LogP contribution in [0, 0.1) is 0 Å². The minimum absolute atomic E-state index is 0.0192. The summed E-state index contributed by atoms with van der Waals surface area (Å²) < 4.78 is 0. The Balaban J connectivity index is 2.14. The molecular weight excluding hydrogens is 202 g/mol. The maximum atomic E-state index is 11.2. The van der Waals surface area contributed by atoms with E-state index >= 15 is 0 Å². The molecule has 0 saturated carbocycles. The van der Waals surface area contributed by atoms with Gasteiger partial charge in [0.05, 0.1) is 0 Å². The van der Waals surface area contributed by atoms with Crippen molar-refractivity contribution in [3.63, 3.8) is 0 Å². The first kappa shape index (κ1) is 10.4. The number of aromatic amines is 1. The summed E-state index contributed by atoms with van der Waals surface area (Å²) in [6, 6.07) is 7.57. The molecule has 0 spiro atoms. The van der Waals surface area contributed by atoms with Crippen molar-refractivity contribution >= 4 is 11.6 Å². The molecule has 0 aliphatic rings. The van der Waals surface area contributed by atoms with Crippen molar-refractivity contribution in [2.75, 3.05) is 5.32 Å². The standard InChI is InChI=1S/C12H13N3O/c1-2-11(16)15-10-5-3-9(4-6-10)12-13-7-8-14-12/h3-8H,2H2,1H3,(H,13,14)(H,15,16). The van der Waals surface area contributed by atoms with E-state index in [2.05, 4.69) is 15.3 Å². The van der Waals surface area contributed by atoms with Crippen molar-refractivity contribution in [3.8, 4) is 11.4 Å². The van der Waals surface area contributed by atoms with Gasteiger partial charge in [-0.15, -0.1) is 0 Å². The highest BCUT2D eigenvalue weighted by Gasteiger charge is 2.01. The number of amides is 1. The number of anilines is 1. The highest BCUT2D eigenvalue weighted by atomic mass is 16.1. The zero-order valence-corrected chi connectivity index (χ0v) is 9.03. The monoisotopic (exact) mass is 215 g/mol. The summed E-state index contributed by atoms with van der Waals surface area (Å²) in [5.41, 5.74) is 1.81. The van der Waals surface area contributed by atoms with Crippen molar-refractivity contribution in [2.45, 2.75) is 13.3 Å². The van der Waals surface area contributed by atoms with Crippen LogP contribution in [-0.2, 0) is 4.79 Å². The number of imidazole rings is 1. The summed E-state index contributed by atoms with van der Waals surface area (Å²) >= 11 is 0. The Kier molecular flexibility index (Phi) is 3.00. The molecule has 0 saturated heterocycles. The molecule has 1 aromatic heterocycles. The number of nitrogens with zero attached hydrogens (tertiary/aromatic N) is 1. The van der Waals surface area contributed by atoms with Crippen LogP contribution >= 0.6 is 0 Å². The molecule has 1 aromatic carbocycles. The molecule has 0 aliphatic heterocycles. The lowest BCUT2D eigenvalue weighted by atomic mass is 10.2. The maximum absolute atomic E-state index is 11.2. The van der Waals surface area contributed by atoms with Gasteiger partial charge in [0.25, 0.3) is 0 Å². The van der Waals surface area contributed by atoms with Crippen LogP contribution in [-0.4, -0.2) is 15.9 Å². The molecule has 1 amide bonds. The number of benzene rings is 1. The molecule has 0 radical (unpaired) electrons. The molecule has 0 atom stereocenters. The fourth-order valence-electron chi connectivity index (χ4n) is 1.38. The summed E-state index contributed by atoms with van der Waals surface area (Å²) in [4.78, 5) is 18.3. The van der Waals surface area contributed by atoms with Gasteiger partial charge in [-0.2, -0.15) is 0 Å².